The molecule has 4 heteroatoms. The zero-order valence-electron chi connectivity index (χ0n) is 10.6. The van der Waals surface area contributed by atoms with E-state index in [1.165, 1.54) is 32.1 Å². The predicted octanol–water partition coefficient (Wildman–Crippen LogP) is -0.391. The Morgan fingerprint density at radius 2 is 1.50 bits per heavy atom. The summed E-state index contributed by atoms with van der Waals surface area (Å²) in [5.41, 5.74) is 0. The van der Waals surface area contributed by atoms with Crippen molar-refractivity contribution >= 4 is 5.97 Å². The molecular weight excluding hydrogens is 202 g/mol. The van der Waals surface area contributed by atoms with Crippen molar-refractivity contribution in [3.05, 3.63) is 0 Å². The van der Waals surface area contributed by atoms with Crippen molar-refractivity contribution in [1.82, 2.24) is 0 Å². The van der Waals surface area contributed by atoms with Gasteiger partial charge in [0.15, 0.2) is 0 Å². The Morgan fingerprint density at radius 3 is 1.94 bits per heavy atom. The molecule has 1 atom stereocenters. The van der Waals surface area contributed by atoms with E-state index in [1.807, 2.05) is 0 Å². The molecule has 0 aliphatic rings. The van der Waals surface area contributed by atoms with Crippen LogP contribution in [0.4, 0.5) is 4.39 Å². The van der Waals surface area contributed by atoms with Crippen molar-refractivity contribution in [2.45, 2.75) is 70.9 Å². The van der Waals surface area contributed by atoms with Crippen LogP contribution in [0.1, 0.15) is 64.7 Å². The van der Waals surface area contributed by atoms with E-state index in [0.717, 1.165) is 12.8 Å². The monoisotopic (exact) mass is 224 g/mol. The van der Waals surface area contributed by atoms with E-state index < -0.39 is 12.1 Å². The van der Waals surface area contributed by atoms with Gasteiger partial charge in [-0.2, -0.15) is 0 Å². The van der Waals surface area contributed by atoms with Crippen LogP contribution >= 0.6 is 0 Å². The van der Waals surface area contributed by atoms with Gasteiger partial charge in [-0.3, -0.25) is 0 Å². The van der Waals surface area contributed by atoms with Gasteiger partial charge in [-0.25, -0.2) is 4.39 Å². The molecule has 90 valence electrons. The summed E-state index contributed by atoms with van der Waals surface area (Å²) in [6.45, 7) is 2.18. The van der Waals surface area contributed by atoms with Gasteiger partial charge in [0.05, 0.1) is 5.97 Å². The molecule has 0 aliphatic heterocycles. The minimum absolute atomic E-state index is 0. The summed E-state index contributed by atoms with van der Waals surface area (Å²) in [6.07, 6.45) is 7.25. The summed E-state index contributed by atoms with van der Waals surface area (Å²) >= 11 is 0. The third kappa shape index (κ3) is 12.1. The molecular formula is C12H22FLiO2. The quantitative estimate of drug-likeness (QED) is 0.374. The summed E-state index contributed by atoms with van der Waals surface area (Å²) < 4.78 is 12.5. The van der Waals surface area contributed by atoms with Crippen LogP contribution in [0.3, 0.4) is 0 Å². The first-order valence-electron chi connectivity index (χ1n) is 6.03. The normalized spacial score (nSPS) is 11.9. The largest absolute Gasteiger partial charge is 1.00 e. The van der Waals surface area contributed by atoms with Gasteiger partial charge < -0.3 is 9.90 Å². The average Bonchev–Trinajstić information content (AvgIpc) is 2.21. The second-order valence-corrected chi connectivity index (χ2v) is 4.05. The molecule has 0 spiro atoms. The minimum Gasteiger partial charge on any atom is -0.547 e. The van der Waals surface area contributed by atoms with E-state index in [9.17, 15) is 14.3 Å². The predicted molar refractivity (Wildman–Crippen MR) is 57.1 cm³/mol. The van der Waals surface area contributed by atoms with Gasteiger partial charge in [-0.05, 0) is 6.42 Å². The van der Waals surface area contributed by atoms with Crippen LogP contribution in [-0.2, 0) is 4.79 Å². The first-order chi connectivity index (χ1) is 7.18. The topological polar surface area (TPSA) is 40.1 Å². The van der Waals surface area contributed by atoms with Gasteiger partial charge in [0.25, 0.3) is 0 Å². The van der Waals surface area contributed by atoms with E-state index in [-0.39, 0.29) is 25.3 Å². The van der Waals surface area contributed by atoms with Gasteiger partial charge in [0, 0.05) is 0 Å². The Labute approximate surface area is 110 Å². The molecule has 0 radical (unpaired) electrons. The first kappa shape index (κ1) is 18.4. The van der Waals surface area contributed by atoms with Gasteiger partial charge in [0.1, 0.15) is 6.17 Å². The van der Waals surface area contributed by atoms with Gasteiger partial charge in [0.2, 0.25) is 0 Å². The Hall–Kier alpha value is -0.00260. The standard InChI is InChI=1S/C12H23FO2.Li/c1-2-3-4-5-6-7-8-9-10-11(13)12(14)15;/h11H,2-10H2,1H3,(H,14,15);/q;+1/p-1. The van der Waals surface area contributed by atoms with Crippen molar-refractivity contribution in [2.75, 3.05) is 0 Å². The number of carbonyl (C=O) groups excluding carboxylic acids is 1. The third-order valence-corrected chi connectivity index (χ3v) is 2.57. The molecule has 0 saturated carbocycles. The van der Waals surface area contributed by atoms with Crippen LogP contribution < -0.4 is 24.0 Å². The van der Waals surface area contributed by atoms with Crippen molar-refractivity contribution in [3.63, 3.8) is 0 Å². The number of carbonyl (C=O) groups is 1. The molecule has 0 aromatic heterocycles. The molecule has 0 aromatic carbocycles. The van der Waals surface area contributed by atoms with Crippen LogP contribution in [-0.4, -0.2) is 12.1 Å². The molecule has 0 bridgehead atoms. The summed E-state index contributed by atoms with van der Waals surface area (Å²) in [4.78, 5) is 10.1. The number of carboxylic acids is 1. The van der Waals surface area contributed by atoms with Gasteiger partial charge in [-0.1, -0.05) is 58.3 Å². The number of carboxylic acid groups (broad SMARTS) is 1. The van der Waals surface area contributed by atoms with E-state index in [0.29, 0.717) is 6.42 Å². The maximum Gasteiger partial charge on any atom is 1.00 e. The smallest absolute Gasteiger partial charge is 0.547 e. The second kappa shape index (κ2) is 13.1. The SMILES string of the molecule is CCCCCCCCCCC(F)C(=O)[O-].[Li+]. The van der Waals surface area contributed by atoms with Crippen molar-refractivity contribution < 1.29 is 33.2 Å². The van der Waals surface area contributed by atoms with E-state index in [1.54, 1.807) is 0 Å². The molecule has 0 saturated heterocycles. The molecule has 0 fully saturated rings. The Morgan fingerprint density at radius 1 is 1.06 bits per heavy atom. The molecule has 0 amide bonds. The van der Waals surface area contributed by atoms with Crippen molar-refractivity contribution in [3.8, 4) is 0 Å². The zero-order valence-corrected chi connectivity index (χ0v) is 10.6. The number of unbranched alkanes of at least 4 members (excludes halogenated alkanes) is 7. The Kier molecular flexibility index (Phi) is 15.0. The molecule has 0 N–H and O–H groups in total. The number of hydrogen-bond acceptors (Lipinski definition) is 2. The van der Waals surface area contributed by atoms with Crippen molar-refractivity contribution in [2.24, 2.45) is 0 Å². The Bertz CT molecular complexity index is 165. The zero-order chi connectivity index (χ0) is 11.5. The summed E-state index contributed by atoms with van der Waals surface area (Å²) in [6, 6.07) is 0. The molecule has 2 nitrogen and oxygen atoms in total. The van der Waals surface area contributed by atoms with Crippen LogP contribution in [0.2, 0.25) is 0 Å². The molecule has 0 aromatic rings. The summed E-state index contributed by atoms with van der Waals surface area (Å²) in [7, 11) is 0. The summed E-state index contributed by atoms with van der Waals surface area (Å²) in [5.74, 6) is -1.57. The molecule has 0 rings (SSSR count). The van der Waals surface area contributed by atoms with Crippen LogP contribution in [0.5, 0.6) is 0 Å². The van der Waals surface area contributed by atoms with Crippen LogP contribution in [0.25, 0.3) is 0 Å². The number of halogens is 1. The molecule has 1 unspecified atom stereocenters. The fourth-order valence-electron chi connectivity index (χ4n) is 1.58. The fourth-order valence-corrected chi connectivity index (χ4v) is 1.58. The summed E-state index contributed by atoms with van der Waals surface area (Å²) in [5, 5.41) is 10.1. The van der Waals surface area contributed by atoms with Gasteiger partial charge >= 0.3 is 18.9 Å². The van der Waals surface area contributed by atoms with Gasteiger partial charge in [-0.15, -0.1) is 0 Å². The maximum atomic E-state index is 12.5. The first-order valence-corrected chi connectivity index (χ1v) is 6.03. The van der Waals surface area contributed by atoms with E-state index >= 15 is 0 Å². The average molecular weight is 224 g/mol. The van der Waals surface area contributed by atoms with Crippen LogP contribution in [0.15, 0.2) is 0 Å². The number of alkyl halides is 1. The van der Waals surface area contributed by atoms with E-state index in [4.69, 9.17) is 0 Å². The molecule has 0 heterocycles. The third-order valence-electron chi connectivity index (χ3n) is 2.57. The van der Waals surface area contributed by atoms with E-state index in [2.05, 4.69) is 6.92 Å². The molecule has 0 aliphatic carbocycles. The fraction of sp³-hybridized carbons (Fsp3) is 0.917. The second-order valence-electron chi connectivity index (χ2n) is 4.05. The van der Waals surface area contributed by atoms with Crippen LogP contribution in [0, 0.1) is 0 Å². The van der Waals surface area contributed by atoms with Crippen molar-refractivity contribution in [1.29, 1.82) is 0 Å². The number of aliphatic carboxylic acids is 1. The minimum atomic E-state index is -1.77. The molecule has 16 heavy (non-hydrogen) atoms. The number of rotatable bonds is 10. The maximum absolute atomic E-state index is 12.5. The Balaban J connectivity index is 0. The number of hydrogen-bond donors (Lipinski definition) is 0.